The molecule has 0 radical (unpaired) electrons. The van der Waals surface area contributed by atoms with Gasteiger partial charge in [-0.05, 0) is 90.5 Å². The van der Waals surface area contributed by atoms with Crippen molar-refractivity contribution in [3.8, 4) is 5.75 Å². The number of fused-ring (bicyclic) bond motifs is 1. The fraction of sp³-hybridized carbons (Fsp3) is 0.500. The van der Waals surface area contributed by atoms with Crippen LogP contribution in [-0.2, 0) is 18.3 Å². The van der Waals surface area contributed by atoms with Crippen LogP contribution in [0.1, 0.15) is 55.2 Å². The van der Waals surface area contributed by atoms with Crippen molar-refractivity contribution in [1.29, 1.82) is 0 Å². The Morgan fingerprint density at radius 1 is 0.960 bits per heavy atom. The van der Waals surface area contributed by atoms with Crippen LogP contribution in [0.2, 0.25) is 0 Å². The lowest BCUT2D eigenvalue weighted by atomic mass is 9.46. The van der Waals surface area contributed by atoms with E-state index in [9.17, 15) is 5.11 Å². The third-order valence-corrected chi connectivity index (χ3v) is 7.61. The van der Waals surface area contributed by atoms with Crippen molar-refractivity contribution in [3.63, 3.8) is 0 Å². The summed E-state index contributed by atoms with van der Waals surface area (Å²) in [6, 6.07) is 17.3. The second-order valence-corrected chi connectivity index (χ2v) is 8.71. The summed E-state index contributed by atoms with van der Waals surface area (Å²) in [7, 11) is 0. The number of benzene rings is 2. The Balaban J connectivity index is 1.54. The summed E-state index contributed by atoms with van der Waals surface area (Å²) in [4.78, 5) is 0. The molecule has 2 aromatic rings. The van der Waals surface area contributed by atoms with Gasteiger partial charge in [0.2, 0.25) is 0 Å². The fourth-order valence-corrected chi connectivity index (χ4v) is 6.59. The quantitative estimate of drug-likeness (QED) is 0.754. The van der Waals surface area contributed by atoms with E-state index in [-0.39, 0.29) is 0 Å². The number of aromatic hydroxyl groups is 1. The smallest absolute Gasteiger partial charge is 0.115 e. The van der Waals surface area contributed by atoms with Crippen molar-refractivity contribution in [1.82, 2.24) is 0 Å². The summed E-state index contributed by atoms with van der Waals surface area (Å²) < 4.78 is 0. The molecule has 1 nitrogen and oxygen atoms in total. The van der Waals surface area contributed by atoms with E-state index in [2.05, 4.69) is 42.5 Å². The molecule has 0 spiro atoms. The zero-order valence-corrected chi connectivity index (χ0v) is 15.0. The van der Waals surface area contributed by atoms with Gasteiger partial charge < -0.3 is 5.11 Å². The topological polar surface area (TPSA) is 20.2 Å². The van der Waals surface area contributed by atoms with E-state index in [1.54, 1.807) is 0 Å². The molecule has 0 aliphatic heterocycles. The average Bonchev–Trinajstić information content (AvgIpc) is 2.65. The van der Waals surface area contributed by atoms with E-state index in [1.807, 2.05) is 6.07 Å². The van der Waals surface area contributed by atoms with Gasteiger partial charge in [-0.25, -0.2) is 0 Å². The normalized spacial score (nSPS) is 33.4. The zero-order chi connectivity index (χ0) is 16.9. The van der Waals surface area contributed by atoms with Crippen LogP contribution < -0.4 is 0 Å². The molecule has 1 heteroatoms. The van der Waals surface area contributed by atoms with Crippen LogP contribution in [-0.4, -0.2) is 5.11 Å². The Labute approximate surface area is 151 Å². The summed E-state index contributed by atoms with van der Waals surface area (Å²) in [6.45, 7) is 0. The first kappa shape index (κ1) is 15.5. The third kappa shape index (κ3) is 2.43. The summed E-state index contributed by atoms with van der Waals surface area (Å²) in [6.07, 6.45) is 10.6. The largest absolute Gasteiger partial charge is 0.508 e. The summed E-state index contributed by atoms with van der Waals surface area (Å²) in [5.74, 6) is 2.94. The van der Waals surface area contributed by atoms with Gasteiger partial charge in [-0.15, -0.1) is 0 Å². The minimum atomic E-state index is 0.364. The minimum Gasteiger partial charge on any atom is -0.508 e. The summed E-state index contributed by atoms with van der Waals surface area (Å²) in [5.41, 5.74) is 4.90. The predicted octanol–water partition coefficient (Wildman–Crippen LogP) is 5.65. The molecule has 25 heavy (non-hydrogen) atoms. The first-order chi connectivity index (χ1) is 12.3. The highest BCUT2D eigenvalue weighted by Gasteiger charge is 2.54. The van der Waals surface area contributed by atoms with Gasteiger partial charge in [-0.2, -0.15) is 0 Å². The number of phenolic OH excluding ortho intramolecular Hbond substituents is 1. The second kappa shape index (κ2) is 5.90. The van der Waals surface area contributed by atoms with Crippen LogP contribution in [0, 0.1) is 17.8 Å². The molecule has 3 aliphatic carbocycles. The van der Waals surface area contributed by atoms with Gasteiger partial charge in [0.1, 0.15) is 5.75 Å². The number of rotatable bonds is 2. The van der Waals surface area contributed by atoms with Gasteiger partial charge in [0.25, 0.3) is 0 Å². The Morgan fingerprint density at radius 3 is 2.72 bits per heavy atom. The third-order valence-electron chi connectivity index (χ3n) is 7.61. The average molecular weight is 332 g/mol. The predicted molar refractivity (Wildman–Crippen MR) is 102 cm³/mol. The van der Waals surface area contributed by atoms with E-state index in [1.165, 1.54) is 68.1 Å². The number of hydrogen-bond acceptors (Lipinski definition) is 1. The van der Waals surface area contributed by atoms with Crippen molar-refractivity contribution < 1.29 is 5.11 Å². The van der Waals surface area contributed by atoms with E-state index < -0.39 is 0 Å². The monoisotopic (exact) mass is 332 g/mol. The van der Waals surface area contributed by atoms with Crippen LogP contribution in [0.3, 0.4) is 0 Å². The van der Waals surface area contributed by atoms with Gasteiger partial charge in [-0.1, -0.05) is 49.2 Å². The lowest BCUT2D eigenvalue weighted by Crippen LogP contribution is -2.52. The molecular formula is C24H28O. The molecule has 0 heterocycles. The van der Waals surface area contributed by atoms with Crippen molar-refractivity contribution in [2.45, 2.75) is 56.8 Å². The molecule has 0 aromatic heterocycles. The number of hydrogen-bond donors (Lipinski definition) is 1. The molecule has 130 valence electrons. The molecule has 1 N–H and O–H groups in total. The van der Waals surface area contributed by atoms with Crippen molar-refractivity contribution in [2.75, 3.05) is 0 Å². The highest BCUT2D eigenvalue weighted by Crippen LogP contribution is 2.60. The SMILES string of the molecule is Oc1ccc2c(c1)[C@]13CCCC[C@@H]1[C@H](C2)C(Cc1ccccc1)CC3. The fourth-order valence-electron chi connectivity index (χ4n) is 6.59. The van der Waals surface area contributed by atoms with Gasteiger partial charge in [0, 0.05) is 0 Å². The Hall–Kier alpha value is -1.76. The first-order valence-corrected chi connectivity index (χ1v) is 10.1. The molecule has 2 bridgehead atoms. The summed E-state index contributed by atoms with van der Waals surface area (Å²) in [5, 5.41) is 10.1. The maximum Gasteiger partial charge on any atom is 0.115 e. The van der Waals surface area contributed by atoms with E-state index in [0.717, 1.165) is 17.8 Å². The molecule has 2 fully saturated rings. The standard InChI is InChI=1S/C24H28O/c25-20-10-9-19-15-21-18(14-17-6-2-1-3-7-17)11-13-24(23(19)16-20)12-5-4-8-22(21)24/h1-3,6-7,9-10,16,18,21-22,25H,4-5,8,11-15H2/t18?,21-,22-,24+/m1/s1. The van der Waals surface area contributed by atoms with Gasteiger partial charge in [0.15, 0.2) is 0 Å². The Bertz CT molecular complexity index is 765. The Morgan fingerprint density at radius 2 is 1.84 bits per heavy atom. The van der Waals surface area contributed by atoms with Crippen molar-refractivity contribution in [2.24, 2.45) is 17.8 Å². The van der Waals surface area contributed by atoms with Crippen molar-refractivity contribution in [3.05, 3.63) is 65.2 Å². The van der Waals surface area contributed by atoms with Gasteiger partial charge in [0.05, 0.1) is 0 Å². The Kier molecular flexibility index (Phi) is 3.66. The van der Waals surface area contributed by atoms with Crippen LogP contribution in [0.25, 0.3) is 0 Å². The van der Waals surface area contributed by atoms with Crippen LogP contribution in [0.15, 0.2) is 48.5 Å². The maximum atomic E-state index is 10.1. The first-order valence-electron chi connectivity index (χ1n) is 10.1. The lowest BCUT2D eigenvalue weighted by molar-refractivity contribution is 0.0112. The second-order valence-electron chi connectivity index (χ2n) is 8.71. The molecule has 2 saturated carbocycles. The van der Waals surface area contributed by atoms with E-state index in [4.69, 9.17) is 0 Å². The highest BCUT2D eigenvalue weighted by molar-refractivity contribution is 5.44. The van der Waals surface area contributed by atoms with E-state index in [0.29, 0.717) is 11.2 Å². The number of phenols is 1. The molecule has 0 amide bonds. The molecule has 5 rings (SSSR count). The van der Waals surface area contributed by atoms with Crippen LogP contribution in [0.5, 0.6) is 5.75 Å². The van der Waals surface area contributed by atoms with Gasteiger partial charge in [-0.3, -0.25) is 0 Å². The lowest BCUT2D eigenvalue weighted by Gasteiger charge is -2.58. The molecule has 0 saturated heterocycles. The highest BCUT2D eigenvalue weighted by atomic mass is 16.3. The minimum absolute atomic E-state index is 0.364. The van der Waals surface area contributed by atoms with Crippen LogP contribution in [0.4, 0.5) is 0 Å². The van der Waals surface area contributed by atoms with Crippen molar-refractivity contribution >= 4 is 0 Å². The zero-order valence-electron chi connectivity index (χ0n) is 15.0. The molecule has 4 atom stereocenters. The molecule has 3 aliphatic rings. The molecule has 1 unspecified atom stereocenters. The molecule has 2 aromatic carbocycles. The maximum absolute atomic E-state index is 10.1. The summed E-state index contributed by atoms with van der Waals surface area (Å²) >= 11 is 0. The van der Waals surface area contributed by atoms with E-state index >= 15 is 0 Å². The molecular weight excluding hydrogens is 304 g/mol. The van der Waals surface area contributed by atoms with Crippen LogP contribution >= 0.6 is 0 Å². The van der Waals surface area contributed by atoms with Gasteiger partial charge >= 0.3 is 0 Å².